The molecule has 5 rings (SSSR count). The standard InChI is InChI=1S/C36H36N2O5/c39-34(40)23-24-37-35(41)31-15-19-32(20-16-31)38(25-26-11-13-29(14-12-26)27-7-3-1-4-8-27)36(42)43-33-21-17-30(18-22-33)28-9-5-2-6-10-28/h2,5-6,9-22,27H,1,3-4,7-8,23-25H2,(H,37,41)(H,39,40). The van der Waals surface area contributed by atoms with Crippen LogP contribution in [0.3, 0.4) is 0 Å². The number of carboxylic acid groups (broad SMARTS) is 1. The Kier molecular flexibility index (Phi) is 9.85. The predicted molar refractivity (Wildman–Crippen MR) is 167 cm³/mol. The molecule has 0 aromatic heterocycles. The number of hydrogen-bond acceptors (Lipinski definition) is 4. The second-order valence-corrected chi connectivity index (χ2v) is 10.9. The van der Waals surface area contributed by atoms with E-state index < -0.39 is 12.1 Å². The third-order valence-corrected chi connectivity index (χ3v) is 7.85. The van der Waals surface area contributed by atoms with Crippen molar-refractivity contribution in [3.8, 4) is 16.9 Å². The number of ether oxygens (including phenoxy) is 1. The lowest BCUT2D eigenvalue weighted by Crippen LogP contribution is -2.33. The maximum atomic E-state index is 13.6. The average Bonchev–Trinajstić information content (AvgIpc) is 3.05. The van der Waals surface area contributed by atoms with Crippen LogP contribution in [-0.4, -0.2) is 29.6 Å². The third kappa shape index (κ3) is 8.10. The van der Waals surface area contributed by atoms with E-state index in [4.69, 9.17) is 9.84 Å². The Bertz CT molecular complexity index is 1510. The van der Waals surface area contributed by atoms with E-state index >= 15 is 0 Å². The van der Waals surface area contributed by atoms with Gasteiger partial charge in [0.2, 0.25) is 0 Å². The molecule has 4 aromatic rings. The Morgan fingerprint density at radius 2 is 1.42 bits per heavy atom. The summed E-state index contributed by atoms with van der Waals surface area (Å²) < 4.78 is 5.82. The van der Waals surface area contributed by atoms with Crippen LogP contribution in [0.4, 0.5) is 10.5 Å². The van der Waals surface area contributed by atoms with Crippen LogP contribution >= 0.6 is 0 Å². The zero-order valence-corrected chi connectivity index (χ0v) is 24.1. The first-order valence-electron chi connectivity index (χ1n) is 14.8. The SMILES string of the molecule is O=C(O)CCNC(=O)c1ccc(N(Cc2ccc(C3CCCCC3)cc2)C(=O)Oc2ccc(-c3ccccc3)cc2)cc1. The fourth-order valence-corrected chi connectivity index (χ4v) is 5.45. The van der Waals surface area contributed by atoms with Crippen molar-refractivity contribution >= 4 is 23.7 Å². The average molecular weight is 577 g/mol. The van der Waals surface area contributed by atoms with E-state index in [0.29, 0.717) is 22.9 Å². The molecule has 43 heavy (non-hydrogen) atoms. The van der Waals surface area contributed by atoms with E-state index in [1.54, 1.807) is 41.3 Å². The minimum atomic E-state index is -0.980. The van der Waals surface area contributed by atoms with Crippen molar-refractivity contribution in [3.63, 3.8) is 0 Å². The van der Waals surface area contributed by atoms with Crippen molar-refractivity contribution < 1.29 is 24.2 Å². The van der Waals surface area contributed by atoms with Crippen molar-refractivity contribution in [2.24, 2.45) is 0 Å². The maximum Gasteiger partial charge on any atom is 0.420 e. The minimum absolute atomic E-state index is 0.0360. The number of carbonyl (C=O) groups excluding carboxylic acids is 2. The number of nitrogens with one attached hydrogen (secondary N) is 1. The zero-order valence-electron chi connectivity index (χ0n) is 24.1. The first-order chi connectivity index (χ1) is 21.0. The largest absolute Gasteiger partial charge is 0.481 e. The van der Waals surface area contributed by atoms with Crippen LogP contribution in [0, 0.1) is 0 Å². The lowest BCUT2D eigenvalue weighted by atomic mass is 9.84. The zero-order chi connectivity index (χ0) is 30.0. The smallest absolute Gasteiger partial charge is 0.420 e. The highest BCUT2D eigenvalue weighted by Gasteiger charge is 2.21. The molecule has 0 bridgehead atoms. The topological polar surface area (TPSA) is 95.9 Å². The molecule has 7 heteroatoms. The molecule has 0 spiro atoms. The summed E-state index contributed by atoms with van der Waals surface area (Å²) in [6.45, 7) is 0.324. The Balaban J connectivity index is 1.33. The van der Waals surface area contributed by atoms with Gasteiger partial charge in [-0.2, -0.15) is 0 Å². The van der Waals surface area contributed by atoms with Crippen LogP contribution in [0.5, 0.6) is 5.75 Å². The van der Waals surface area contributed by atoms with Gasteiger partial charge in [0.05, 0.1) is 13.0 Å². The number of aliphatic carboxylic acids is 1. The number of anilines is 1. The van der Waals surface area contributed by atoms with Crippen molar-refractivity contribution in [2.45, 2.75) is 51.0 Å². The molecular weight excluding hydrogens is 540 g/mol. The lowest BCUT2D eigenvalue weighted by molar-refractivity contribution is -0.136. The summed E-state index contributed by atoms with van der Waals surface area (Å²) in [4.78, 5) is 38.3. The number of carbonyl (C=O) groups is 3. The highest BCUT2D eigenvalue weighted by atomic mass is 16.6. The summed E-state index contributed by atoms with van der Waals surface area (Å²) in [5.74, 6) is -0.335. The molecule has 0 aliphatic heterocycles. The van der Waals surface area contributed by atoms with Crippen LogP contribution in [-0.2, 0) is 11.3 Å². The fraction of sp³-hybridized carbons (Fsp3) is 0.250. The lowest BCUT2D eigenvalue weighted by Gasteiger charge is -2.24. The molecule has 1 fully saturated rings. The molecule has 4 aromatic carbocycles. The molecule has 0 saturated heterocycles. The number of hydrogen-bond donors (Lipinski definition) is 2. The van der Waals surface area contributed by atoms with Gasteiger partial charge in [-0.05, 0) is 77.4 Å². The molecule has 0 radical (unpaired) electrons. The molecule has 1 aliphatic carbocycles. The molecule has 7 nitrogen and oxygen atoms in total. The van der Waals surface area contributed by atoms with E-state index in [-0.39, 0.29) is 25.4 Å². The van der Waals surface area contributed by atoms with E-state index in [1.165, 1.54) is 37.7 Å². The van der Waals surface area contributed by atoms with Gasteiger partial charge in [0.25, 0.3) is 5.91 Å². The molecule has 2 amide bonds. The van der Waals surface area contributed by atoms with Crippen molar-refractivity contribution in [1.82, 2.24) is 5.32 Å². The van der Waals surface area contributed by atoms with Gasteiger partial charge in [-0.3, -0.25) is 14.5 Å². The molecule has 0 unspecified atom stereocenters. The van der Waals surface area contributed by atoms with Gasteiger partial charge < -0.3 is 15.2 Å². The van der Waals surface area contributed by atoms with Gasteiger partial charge >= 0.3 is 12.1 Å². The number of amides is 2. The molecule has 2 N–H and O–H groups in total. The highest BCUT2D eigenvalue weighted by Crippen LogP contribution is 2.33. The Labute approximate surface area is 252 Å². The first-order valence-corrected chi connectivity index (χ1v) is 14.8. The van der Waals surface area contributed by atoms with E-state index in [1.807, 2.05) is 42.5 Å². The van der Waals surface area contributed by atoms with E-state index in [9.17, 15) is 14.4 Å². The number of nitrogens with zero attached hydrogens (tertiary/aromatic N) is 1. The summed E-state index contributed by atoms with van der Waals surface area (Å²) in [5.41, 5.74) is 5.35. The second kappa shape index (κ2) is 14.3. The molecule has 1 saturated carbocycles. The Morgan fingerprint density at radius 1 is 0.767 bits per heavy atom. The monoisotopic (exact) mass is 576 g/mol. The van der Waals surface area contributed by atoms with Crippen LogP contribution in [0.1, 0.15) is 65.9 Å². The Morgan fingerprint density at radius 3 is 2.07 bits per heavy atom. The van der Waals surface area contributed by atoms with Gasteiger partial charge in [-0.25, -0.2) is 4.79 Å². The van der Waals surface area contributed by atoms with Gasteiger partial charge in [-0.1, -0.05) is 86.0 Å². The number of rotatable bonds is 10. The minimum Gasteiger partial charge on any atom is -0.481 e. The van der Waals surface area contributed by atoms with Gasteiger partial charge in [-0.15, -0.1) is 0 Å². The van der Waals surface area contributed by atoms with E-state index in [0.717, 1.165) is 16.7 Å². The summed E-state index contributed by atoms with van der Waals surface area (Å²) in [6.07, 6.45) is 5.59. The van der Waals surface area contributed by atoms with Crippen molar-refractivity contribution in [3.05, 3.63) is 120 Å². The van der Waals surface area contributed by atoms with Crippen molar-refractivity contribution in [1.29, 1.82) is 0 Å². The molecule has 0 heterocycles. The fourth-order valence-electron chi connectivity index (χ4n) is 5.45. The third-order valence-electron chi connectivity index (χ3n) is 7.85. The first kappa shape index (κ1) is 29.6. The van der Waals surface area contributed by atoms with Crippen LogP contribution in [0.2, 0.25) is 0 Å². The number of benzene rings is 4. The van der Waals surface area contributed by atoms with Crippen molar-refractivity contribution in [2.75, 3.05) is 11.4 Å². The van der Waals surface area contributed by atoms with Gasteiger partial charge in [0.15, 0.2) is 0 Å². The normalized spacial score (nSPS) is 13.2. The molecular formula is C36H36N2O5. The maximum absolute atomic E-state index is 13.6. The van der Waals surface area contributed by atoms with Crippen LogP contribution in [0.15, 0.2) is 103 Å². The van der Waals surface area contributed by atoms with E-state index in [2.05, 4.69) is 29.6 Å². The molecule has 0 atom stereocenters. The summed E-state index contributed by atoms with van der Waals surface area (Å²) >= 11 is 0. The summed E-state index contributed by atoms with van der Waals surface area (Å²) in [7, 11) is 0. The molecule has 1 aliphatic rings. The predicted octanol–water partition coefficient (Wildman–Crippen LogP) is 7.81. The summed E-state index contributed by atoms with van der Waals surface area (Å²) in [5, 5.41) is 11.4. The molecule has 220 valence electrons. The Hall–Kier alpha value is -4.91. The van der Waals surface area contributed by atoms with Gasteiger partial charge in [0, 0.05) is 17.8 Å². The summed E-state index contributed by atoms with van der Waals surface area (Å²) in [6, 6.07) is 32.5. The van der Waals surface area contributed by atoms with Crippen LogP contribution in [0.25, 0.3) is 11.1 Å². The number of carboxylic acids is 1. The second-order valence-electron chi connectivity index (χ2n) is 10.9. The van der Waals surface area contributed by atoms with Crippen LogP contribution < -0.4 is 15.0 Å². The highest BCUT2D eigenvalue weighted by molar-refractivity contribution is 5.95. The quantitative estimate of drug-likeness (QED) is 0.201. The van der Waals surface area contributed by atoms with Gasteiger partial charge in [0.1, 0.15) is 5.75 Å².